The zero-order valence-corrected chi connectivity index (χ0v) is 15.1. The topological polar surface area (TPSA) is 93.1 Å². The molecular weight excluding hydrogens is 340 g/mol. The summed E-state index contributed by atoms with van der Waals surface area (Å²) in [5, 5.41) is 9.91. The van der Waals surface area contributed by atoms with E-state index in [9.17, 15) is 13.2 Å². The summed E-state index contributed by atoms with van der Waals surface area (Å²) >= 11 is 0. The van der Waals surface area contributed by atoms with Gasteiger partial charge in [0.15, 0.2) is 15.7 Å². The standard InChI is InChI=1S/C17H22N4O3S/c1-3-25(23,24)15-8-6-14(7-9-15)21-11-10-16(20-21)19-17(22)18-12(2)13-4-5-13/h6-13H,3-5H2,1-2H3,(H2,18,19,20,22)/t12-/m0/s1. The largest absolute Gasteiger partial charge is 0.335 e. The third-order valence-corrected chi connectivity index (χ3v) is 6.11. The molecular formula is C17H22N4O3S. The van der Waals surface area contributed by atoms with Gasteiger partial charge in [0.25, 0.3) is 0 Å². The van der Waals surface area contributed by atoms with Crippen molar-refractivity contribution in [3.63, 3.8) is 0 Å². The second-order valence-corrected chi connectivity index (χ2v) is 8.55. The van der Waals surface area contributed by atoms with E-state index >= 15 is 0 Å². The van der Waals surface area contributed by atoms with Gasteiger partial charge >= 0.3 is 6.03 Å². The molecule has 8 heteroatoms. The van der Waals surface area contributed by atoms with Crippen LogP contribution in [0.15, 0.2) is 41.4 Å². The maximum atomic E-state index is 12.0. The van der Waals surface area contributed by atoms with Gasteiger partial charge in [-0.25, -0.2) is 17.9 Å². The molecule has 25 heavy (non-hydrogen) atoms. The lowest BCUT2D eigenvalue weighted by molar-refractivity contribution is 0.248. The number of aromatic nitrogens is 2. The SMILES string of the molecule is CCS(=O)(=O)c1ccc(-n2ccc(NC(=O)N[C@@H](C)C3CC3)n2)cc1. The molecule has 0 saturated heterocycles. The van der Waals surface area contributed by atoms with Crippen molar-refractivity contribution in [1.29, 1.82) is 0 Å². The smallest absolute Gasteiger partial charge is 0.320 e. The Hall–Kier alpha value is -2.35. The summed E-state index contributed by atoms with van der Waals surface area (Å²) in [5.74, 6) is 1.09. The maximum absolute atomic E-state index is 12.0. The van der Waals surface area contributed by atoms with E-state index in [1.807, 2.05) is 6.92 Å². The zero-order chi connectivity index (χ0) is 18.0. The number of amides is 2. The molecule has 1 aliphatic carbocycles. The highest BCUT2D eigenvalue weighted by Crippen LogP contribution is 2.32. The Morgan fingerprint density at radius 2 is 1.96 bits per heavy atom. The third kappa shape index (κ3) is 4.19. The van der Waals surface area contributed by atoms with Gasteiger partial charge in [0, 0.05) is 18.3 Å². The third-order valence-electron chi connectivity index (χ3n) is 4.36. The minimum absolute atomic E-state index is 0.0660. The van der Waals surface area contributed by atoms with Crippen LogP contribution < -0.4 is 10.6 Å². The van der Waals surface area contributed by atoms with Crippen LogP contribution in [0.5, 0.6) is 0 Å². The van der Waals surface area contributed by atoms with E-state index in [1.54, 1.807) is 48.1 Å². The number of carbonyl (C=O) groups is 1. The molecule has 0 radical (unpaired) electrons. The number of nitrogens with zero attached hydrogens (tertiary/aromatic N) is 2. The van der Waals surface area contributed by atoms with Crippen LogP contribution in [0.1, 0.15) is 26.7 Å². The number of rotatable bonds is 6. The monoisotopic (exact) mass is 362 g/mol. The van der Waals surface area contributed by atoms with Gasteiger partial charge in [0.1, 0.15) is 0 Å². The molecule has 134 valence electrons. The van der Waals surface area contributed by atoms with Crippen molar-refractivity contribution in [3.05, 3.63) is 36.5 Å². The van der Waals surface area contributed by atoms with Crippen molar-refractivity contribution < 1.29 is 13.2 Å². The molecule has 0 unspecified atom stereocenters. The summed E-state index contributed by atoms with van der Waals surface area (Å²) in [6, 6.07) is 8.09. The zero-order valence-electron chi connectivity index (χ0n) is 14.3. The van der Waals surface area contributed by atoms with Gasteiger partial charge in [-0.05, 0) is 49.9 Å². The number of hydrogen-bond acceptors (Lipinski definition) is 4. The van der Waals surface area contributed by atoms with Gasteiger partial charge in [0.05, 0.1) is 16.3 Å². The van der Waals surface area contributed by atoms with Crippen LogP contribution in [0.2, 0.25) is 0 Å². The predicted octanol–water partition coefficient (Wildman–Crippen LogP) is 2.59. The highest BCUT2D eigenvalue weighted by molar-refractivity contribution is 7.91. The first kappa shape index (κ1) is 17.5. The number of benzene rings is 1. The van der Waals surface area contributed by atoms with Gasteiger partial charge in [-0.1, -0.05) is 6.92 Å². The highest BCUT2D eigenvalue weighted by Gasteiger charge is 2.28. The quantitative estimate of drug-likeness (QED) is 0.826. The number of sulfone groups is 1. The van der Waals surface area contributed by atoms with Crippen molar-refractivity contribution in [1.82, 2.24) is 15.1 Å². The molecule has 1 atom stereocenters. The minimum Gasteiger partial charge on any atom is -0.335 e. The number of hydrogen-bond donors (Lipinski definition) is 2. The Balaban J connectivity index is 1.65. The van der Waals surface area contributed by atoms with Crippen LogP contribution >= 0.6 is 0 Å². The summed E-state index contributed by atoms with van der Waals surface area (Å²) in [6.45, 7) is 3.62. The summed E-state index contributed by atoms with van der Waals surface area (Å²) in [5.41, 5.74) is 0.717. The van der Waals surface area contributed by atoms with Crippen molar-refractivity contribution in [2.45, 2.75) is 37.6 Å². The molecule has 2 amide bonds. The summed E-state index contributed by atoms with van der Waals surface area (Å²) in [4.78, 5) is 12.2. The minimum atomic E-state index is -3.22. The lowest BCUT2D eigenvalue weighted by Gasteiger charge is -2.12. The number of urea groups is 1. The Morgan fingerprint density at radius 1 is 1.28 bits per heavy atom. The van der Waals surface area contributed by atoms with Crippen molar-refractivity contribution in [2.24, 2.45) is 5.92 Å². The van der Waals surface area contributed by atoms with Gasteiger partial charge in [-0.3, -0.25) is 5.32 Å². The normalized spacial score (nSPS) is 15.6. The van der Waals surface area contributed by atoms with Crippen LogP contribution in [0.3, 0.4) is 0 Å². The Labute approximate surface area is 147 Å². The van der Waals surface area contributed by atoms with E-state index in [2.05, 4.69) is 15.7 Å². The van der Waals surface area contributed by atoms with E-state index in [-0.39, 0.29) is 22.7 Å². The molecule has 1 heterocycles. The molecule has 1 fully saturated rings. The molecule has 1 aromatic carbocycles. The average molecular weight is 362 g/mol. The summed E-state index contributed by atoms with van der Waals surface area (Å²) in [6.07, 6.45) is 4.04. The fourth-order valence-electron chi connectivity index (χ4n) is 2.58. The number of anilines is 1. The number of carbonyl (C=O) groups excluding carboxylic acids is 1. The first-order valence-corrected chi connectivity index (χ1v) is 10.0. The average Bonchev–Trinajstić information content (AvgIpc) is 3.35. The van der Waals surface area contributed by atoms with E-state index in [4.69, 9.17) is 0 Å². The van der Waals surface area contributed by atoms with Gasteiger partial charge in [-0.2, -0.15) is 0 Å². The molecule has 3 rings (SSSR count). The second-order valence-electron chi connectivity index (χ2n) is 6.27. The second kappa shape index (κ2) is 6.87. The van der Waals surface area contributed by atoms with Crippen molar-refractivity contribution in [3.8, 4) is 5.69 Å². The molecule has 1 aliphatic rings. The van der Waals surface area contributed by atoms with Crippen LogP contribution in [0, 0.1) is 5.92 Å². The van der Waals surface area contributed by atoms with Crippen LogP contribution in [0.4, 0.5) is 10.6 Å². The lowest BCUT2D eigenvalue weighted by atomic mass is 10.2. The van der Waals surface area contributed by atoms with Gasteiger partial charge < -0.3 is 5.32 Å². The highest BCUT2D eigenvalue weighted by atomic mass is 32.2. The van der Waals surface area contributed by atoms with Crippen LogP contribution in [-0.4, -0.2) is 36.0 Å². The molecule has 0 spiro atoms. The van der Waals surface area contributed by atoms with E-state index < -0.39 is 9.84 Å². The summed E-state index contributed by atoms with van der Waals surface area (Å²) in [7, 11) is -3.22. The predicted molar refractivity (Wildman–Crippen MR) is 95.6 cm³/mol. The fraction of sp³-hybridized carbons (Fsp3) is 0.412. The van der Waals surface area contributed by atoms with E-state index in [0.29, 0.717) is 11.7 Å². The fourth-order valence-corrected chi connectivity index (χ4v) is 3.46. The van der Waals surface area contributed by atoms with E-state index in [0.717, 1.165) is 5.69 Å². The molecule has 1 saturated carbocycles. The van der Waals surface area contributed by atoms with Gasteiger partial charge in [-0.15, -0.1) is 5.10 Å². The molecule has 0 aliphatic heterocycles. The summed E-state index contributed by atoms with van der Waals surface area (Å²) < 4.78 is 25.3. The lowest BCUT2D eigenvalue weighted by Crippen LogP contribution is -2.37. The van der Waals surface area contributed by atoms with Gasteiger partial charge in [0.2, 0.25) is 0 Å². The number of nitrogens with one attached hydrogen (secondary N) is 2. The van der Waals surface area contributed by atoms with Crippen molar-refractivity contribution >= 4 is 21.7 Å². The first-order chi connectivity index (χ1) is 11.9. The molecule has 2 aromatic rings. The molecule has 7 nitrogen and oxygen atoms in total. The Morgan fingerprint density at radius 3 is 2.56 bits per heavy atom. The van der Waals surface area contributed by atoms with Crippen molar-refractivity contribution in [2.75, 3.05) is 11.1 Å². The first-order valence-electron chi connectivity index (χ1n) is 8.35. The molecule has 0 bridgehead atoms. The molecule has 2 N–H and O–H groups in total. The Kier molecular flexibility index (Phi) is 4.80. The van der Waals surface area contributed by atoms with Crippen LogP contribution in [0.25, 0.3) is 5.69 Å². The van der Waals surface area contributed by atoms with E-state index in [1.165, 1.54) is 12.8 Å². The van der Waals surface area contributed by atoms with Crippen LogP contribution in [-0.2, 0) is 9.84 Å². The molecule has 1 aromatic heterocycles. The Bertz CT molecular complexity index is 854. The maximum Gasteiger partial charge on any atom is 0.320 e.